The smallest absolute Gasteiger partial charge is 0.0965 e. The number of hydrogen-bond acceptors (Lipinski definition) is 3. The Morgan fingerprint density at radius 2 is 1.35 bits per heavy atom. The molecule has 0 aromatic heterocycles. The van der Waals surface area contributed by atoms with Gasteiger partial charge in [0.05, 0.1) is 24.3 Å². The van der Waals surface area contributed by atoms with E-state index in [0.717, 1.165) is 24.0 Å². The predicted octanol–water partition coefficient (Wildman–Crippen LogP) is 5.03. The van der Waals surface area contributed by atoms with Gasteiger partial charge in [-0.25, -0.2) is 0 Å². The molecule has 5 rings (SSSR count). The maximum absolute atomic E-state index is 11.3. The Hall–Kier alpha value is -3.24. The number of aliphatic hydroxyl groups is 2. The number of benzene rings is 4. The third kappa shape index (κ3) is 4.19. The molecule has 0 amide bonds. The van der Waals surface area contributed by atoms with Crippen LogP contribution in [0.5, 0.6) is 0 Å². The Balaban J connectivity index is 1.63. The molecule has 0 spiro atoms. The molecule has 3 N–H and O–H groups in total. The van der Waals surface area contributed by atoms with Crippen LogP contribution in [0.15, 0.2) is 115 Å². The van der Waals surface area contributed by atoms with Crippen molar-refractivity contribution >= 4 is 0 Å². The van der Waals surface area contributed by atoms with Gasteiger partial charge in [-0.1, -0.05) is 115 Å². The van der Waals surface area contributed by atoms with Gasteiger partial charge in [-0.05, 0) is 46.6 Å². The third-order valence-electron chi connectivity index (χ3n) is 7.21. The monoisotopic (exact) mass is 449 g/mol. The van der Waals surface area contributed by atoms with Crippen LogP contribution in [-0.2, 0) is 18.4 Å². The van der Waals surface area contributed by atoms with E-state index in [2.05, 4.69) is 78.1 Å². The van der Waals surface area contributed by atoms with Gasteiger partial charge in [0.15, 0.2) is 0 Å². The first-order chi connectivity index (χ1) is 16.7. The molecule has 3 heteroatoms. The van der Waals surface area contributed by atoms with Crippen LogP contribution in [0.1, 0.15) is 33.9 Å². The Kier molecular flexibility index (Phi) is 6.59. The molecule has 4 unspecified atom stereocenters. The van der Waals surface area contributed by atoms with Crippen molar-refractivity contribution in [2.45, 2.75) is 30.5 Å². The highest BCUT2D eigenvalue weighted by molar-refractivity contribution is 5.49. The fraction of sp³-hybridized carbons (Fsp3) is 0.226. The van der Waals surface area contributed by atoms with E-state index in [1.54, 1.807) is 0 Å². The lowest BCUT2D eigenvalue weighted by molar-refractivity contribution is 0.0652. The maximum atomic E-state index is 11.3. The molecule has 0 heterocycles. The third-order valence-corrected chi connectivity index (χ3v) is 7.21. The van der Waals surface area contributed by atoms with Gasteiger partial charge in [-0.15, -0.1) is 0 Å². The standard InChI is InChI=1S/C31H31NO2/c33-22-29(30(34)24-14-6-2-7-15-24)32-31(26-17-8-3-9-18-26)27(20-23-12-4-1-5-13-23)21-25-16-10-11-19-28(25)31/h1-19,27,29-30,32-34H,20-22H2. The SMILES string of the molecule is OCC(NC1(c2ccccc2)c2ccccc2CC1Cc1ccccc1)C(O)c1ccccc1. The summed E-state index contributed by atoms with van der Waals surface area (Å²) < 4.78 is 0. The van der Waals surface area contributed by atoms with E-state index in [1.165, 1.54) is 16.7 Å². The second-order valence-corrected chi connectivity index (χ2v) is 9.21. The molecule has 172 valence electrons. The average Bonchev–Trinajstić information content (AvgIpc) is 3.22. The molecule has 4 atom stereocenters. The maximum Gasteiger partial charge on any atom is 0.0965 e. The van der Waals surface area contributed by atoms with Gasteiger partial charge >= 0.3 is 0 Å². The Labute approximate surface area is 201 Å². The van der Waals surface area contributed by atoms with Crippen molar-refractivity contribution < 1.29 is 10.2 Å². The number of aliphatic hydroxyl groups excluding tert-OH is 2. The summed E-state index contributed by atoms with van der Waals surface area (Å²) in [5.41, 5.74) is 5.22. The van der Waals surface area contributed by atoms with Crippen LogP contribution in [0.2, 0.25) is 0 Å². The van der Waals surface area contributed by atoms with Gasteiger partial charge in [-0.2, -0.15) is 0 Å². The lowest BCUT2D eigenvalue weighted by Gasteiger charge is -2.42. The highest BCUT2D eigenvalue weighted by atomic mass is 16.3. The summed E-state index contributed by atoms with van der Waals surface area (Å²) in [5, 5.41) is 25.6. The number of fused-ring (bicyclic) bond motifs is 1. The van der Waals surface area contributed by atoms with E-state index >= 15 is 0 Å². The normalized spacial score (nSPS) is 21.1. The Bertz CT molecular complexity index is 1200. The van der Waals surface area contributed by atoms with Crippen LogP contribution in [0.25, 0.3) is 0 Å². The molecule has 0 saturated heterocycles. The van der Waals surface area contributed by atoms with Crippen LogP contribution in [0, 0.1) is 5.92 Å². The van der Waals surface area contributed by atoms with E-state index in [1.807, 2.05) is 42.5 Å². The first-order valence-electron chi connectivity index (χ1n) is 12.0. The molecule has 4 aromatic rings. The van der Waals surface area contributed by atoms with Crippen molar-refractivity contribution in [1.29, 1.82) is 0 Å². The molecule has 0 fully saturated rings. The van der Waals surface area contributed by atoms with Gasteiger partial charge in [0.1, 0.15) is 0 Å². The van der Waals surface area contributed by atoms with Crippen LogP contribution < -0.4 is 5.32 Å². The van der Waals surface area contributed by atoms with E-state index in [-0.39, 0.29) is 12.5 Å². The minimum Gasteiger partial charge on any atom is -0.395 e. The first-order valence-corrected chi connectivity index (χ1v) is 12.0. The van der Waals surface area contributed by atoms with Crippen LogP contribution in [0.3, 0.4) is 0 Å². The van der Waals surface area contributed by atoms with Crippen LogP contribution >= 0.6 is 0 Å². The fourth-order valence-electron chi connectivity index (χ4n) is 5.62. The zero-order chi connectivity index (χ0) is 23.4. The Morgan fingerprint density at radius 3 is 2.03 bits per heavy atom. The zero-order valence-electron chi connectivity index (χ0n) is 19.2. The van der Waals surface area contributed by atoms with Crippen LogP contribution in [0.4, 0.5) is 0 Å². The van der Waals surface area contributed by atoms with Gasteiger partial charge in [0.2, 0.25) is 0 Å². The second kappa shape index (κ2) is 9.94. The van der Waals surface area contributed by atoms with E-state index in [4.69, 9.17) is 0 Å². The zero-order valence-corrected chi connectivity index (χ0v) is 19.2. The molecule has 1 aliphatic carbocycles. The second-order valence-electron chi connectivity index (χ2n) is 9.21. The van der Waals surface area contributed by atoms with Crippen molar-refractivity contribution in [2.24, 2.45) is 5.92 Å². The molecule has 0 aliphatic heterocycles. The van der Waals surface area contributed by atoms with Crippen molar-refractivity contribution in [3.63, 3.8) is 0 Å². The summed E-state index contributed by atoms with van der Waals surface area (Å²) >= 11 is 0. The molecular formula is C31H31NO2. The summed E-state index contributed by atoms with van der Waals surface area (Å²) in [6, 6.07) is 38.7. The predicted molar refractivity (Wildman–Crippen MR) is 136 cm³/mol. The molecule has 3 nitrogen and oxygen atoms in total. The average molecular weight is 450 g/mol. The molecule has 0 saturated carbocycles. The molecule has 4 aromatic carbocycles. The lowest BCUT2D eigenvalue weighted by atomic mass is 9.74. The molecule has 1 aliphatic rings. The largest absolute Gasteiger partial charge is 0.395 e. The molecular weight excluding hydrogens is 418 g/mol. The minimum atomic E-state index is -0.836. The fourth-order valence-corrected chi connectivity index (χ4v) is 5.62. The first kappa shape index (κ1) is 22.5. The van der Waals surface area contributed by atoms with Crippen molar-refractivity contribution in [2.75, 3.05) is 6.61 Å². The quantitative estimate of drug-likeness (QED) is 0.354. The van der Waals surface area contributed by atoms with E-state index in [0.29, 0.717) is 0 Å². The van der Waals surface area contributed by atoms with Crippen LogP contribution in [-0.4, -0.2) is 22.9 Å². The Morgan fingerprint density at radius 1 is 0.765 bits per heavy atom. The van der Waals surface area contributed by atoms with Crippen molar-refractivity contribution in [3.05, 3.63) is 143 Å². The summed E-state index contributed by atoms with van der Waals surface area (Å²) in [7, 11) is 0. The number of hydrogen-bond donors (Lipinski definition) is 3. The summed E-state index contributed by atoms with van der Waals surface area (Å²) in [6.07, 6.45) is 0.973. The van der Waals surface area contributed by atoms with Gasteiger partial charge < -0.3 is 10.2 Å². The van der Waals surface area contributed by atoms with Crippen molar-refractivity contribution in [3.8, 4) is 0 Å². The number of nitrogens with one attached hydrogen (secondary N) is 1. The molecule has 34 heavy (non-hydrogen) atoms. The van der Waals surface area contributed by atoms with E-state index < -0.39 is 17.7 Å². The highest BCUT2D eigenvalue weighted by Gasteiger charge is 2.49. The van der Waals surface area contributed by atoms with Gasteiger partial charge in [0.25, 0.3) is 0 Å². The summed E-state index contributed by atoms with van der Waals surface area (Å²) in [5.74, 6) is 0.215. The summed E-state index contributed by atoms with van der Waals surface area (Å²) in [6.45, 7) is -0.176. The van der Waals surface area contributed by atoms with Gasteiger partial charge in [0, 0.05) is 0 Å². The topological polar surface area (TPSA) is 52.5 Å². The molecule has 0 radical (unpaired) electrons. The van der Waals surface area contributed by atoms with Gasteiger partial charge in [-0.3, -0.25) is 5.32 Å². The van der Waals surface area contributed by atoms with E-state index in [9.17, 15) is 10.2 Å². The minimum absolute atomic E-state index is 0.176. The van der Waals surface area contributed by atoms with Crippen molar-refractivity contribution in [1.82, 2.24) is 5.32 Å². The number of rotatable bonds is 8. The lowest BCUT2D eigenvalue weighted by Crippen LogP contribution is -2.55. The highest BCUT2D eigenvalue weighted by Crippen LogP contribution is 2.48. The molecule has 0 bridgehead atoms. The summed E-state index contributed by atoms with van der Waals surface area (Å²) in [4.78, 5) is 0.